The third-order valence-corrected chi connectivity index (χ3v) is 3.77. The Labute approximate surface area is 133 Å². The van der Waals surface area contributed by atoms with E-state index in [2.05, 4.69) is 22.4 Å². The Kier molecular flexibility index (Phi) is 6.39. The number of halogens is 1. The van der Waals surface area contributed by atoms with E-state index in [9.17, 15) is 9.18 Å². The standard InChI is InChI=1S/C15H18FN3O2S/c1-2-3-4-7-21-13-8-11(5-6-12(13)16)9-17-19-15-18-14(20)10-22-15/h5-6,8-9H,2-4,7,10H2,1H3,(H,18,19,20). The maximum absolute atomic E-state index is 13.6. The quantitative estimate of drug-likeness (QED) is 0.477. The molecule has 0 unspecified atom stereocenters. The Morgan fingerprint density at radius 2 is 2.32 bits per heavy atom. The largest absolute Gasteiger partial charge is 0.490 e. The van der Waals surface area contributed by atoms with Crippen LogP contribution in [0.4, 0.5) is 4.39 Å². The van der Waals surface area contributed by atoms with Crippen LogP contribution in [0.3, 0.4) is 0 Å². The number of amidine groups is 1. The molecule has 118 valence electrons. The zero-order valence-corrected chi connectivity index (χ0v) is 13.2. The Hall–Kier alpha value is -1.89. The third kappa shape index (κ3) is 5.14. The molecule has 0 bridgehead atoms. The monoisotopic (exact) mass is 323 g/mol. The van der Waals surface area contributed by atoms with Crippen LogP contribution in [0.1, 0.15) is 31.7 Å². The molecule has 0 aromatic heterocycles. The number of nitrogens with one attached hydrogen (secondary N) is 1. The Morgan fingerprint density at radius 3 is 3.05 bits per heavy atom. The van der Waals surface area contributed by atoms with Crippen LogP contribution in [-0.2, 0) is 4.79 Å². The molecule has 5 nitrogen and oxygen atoms in total. The Bertz CT molecular complexity index is 590. The molecule has 1 amide bonds. The van der Waals surface area contributed by atoms with Crippen LogP contribution in [0, 0.1) is 5.82 Å². The summed E-state index contributed by atoms with van der Waals surface area (Å²) in [5.41, 5.74) is 0.686. The van der Waals surface area contributed by atoms with Crippen LogP contribution < -0.4 is 10.1 Å². The summed E-state index contributed by atoms with van der Waals surface area (Å²) in [6.45, 7) is 2.60. The Morgan fingerprint density at radius 1 is 1.45 bits per heavy atom. The highest BCUT2D eigenvalue weighted by Crippen LogP contribution is 2.18. The molecule has 1 aromatic carbocycles. The van der Waals surface area contributed by atoms with Gasteiger partial charge >= 0.3 is 0 Å². The van der Waals surface area contributed by atoms with Gasteiger partial charge < -0.3 is 10.1 Å². The van der Waals surface area contributed by atoms with Crippen molar-refractivity contribution in [1.82, 2.24) is 5.32 Å². The second-order valence-corrected chi connectivity index (χ2v) is 5.70. The lowest BCUT2D eigenvalue weighted by molar-refractivity contribution is -0.116. The molecule has 1 saturated heterocycles. The highest BCUT2D eigenvalue weighted by molar-refractivity contribution is 8.15. The van der Waals surface area contributed by atoms with Gasteiger partial charge in [0, 0.05) is 0 Å². The van der Waals surface area contributed by atoms with E-state index in [0.29, 0.717) is 23.1 Å². The van der Waals surface area contributed by atoms with Gasteiger partial charge in [0.05, 0.1) is 18.6 Å². The van der Waals surface area contributed by atoms with Crippen molar-refractivity contribution in [3.8, 4) is 5.75 Å². The first-order valence-electron chi connectivity index (χ1n) is 7.15. The number of benzene rings is 1. The van der Waals surface area contributed by atoms with Gasteiger partial charge in [0.2, 0.25) is 5.91 Å². The van der Waals surface area contributed by atoms with Crippen LogP contribution in [0.25, 0.3) is 0 Å². The maximum Gasteiger partial charge on any atom is 0.236 e. The summed E-state index contributed by atoms with van der Waals surface area (Å²) < 4.78 is 19.1. The van der Waals surface area contributed by atoms with Crippen LogP contribution in [-0.4, -0.2) is 29.6 Å². The number of hydrogen-bond donors (Lipinski definition) is 1. The van der Waals surface area contributed by atoms with Crippen LogP contribution >= 0.6 is 11.8 Å². The number of unbranched alkanes of at least 4 members (excludes halogenated alkanes) is 2. The fraction of sp³-hybridized carbons (Fsp3) is 0.400. The van der Waals surface area contributed by atoms with Gasteiger partial charge in [-0.2, -0.15) is 5.10 Å². The Balaban J connectivity index is 1.95. The van der Waals surface area contributed by atoms with E-state index in [0.717, 1.165) is 19.3 Å². The zero-order valence-electron chi connectivity index (χ0n) is 12.3. The van der Waals surface area contributed by atoms with Crippen molar-refractivity contribution in [3.63, 3.8) is 0 Å². The molecule has 0 aliphatic carbocycles. The minimum atomic E-state index is -0.390. The first-order chi connectivity index (χ1) is 10.7. The molecular formula is C15H18FN3O2S. The van der Waals surface area contributed by atoms with E-state index >= 15 is 0 Å². The lowest BCUT2D eigenvalue weighted by Gasteiger charge is -2.07. The number of carbonyl (C=O) groups is 1. The minimum Gasteiger partial charge on any atom is -0.490 e. The molecule has 0 saturated carbocycles. The van der Waals surface area contributed by atoms with Crippen molar-refractivity contribution in [2.45, 2.75) is 26.2 Å². The SMILES string of the molecule is CCCCCOc1cc(C=NN=C2NC(=O)CS2)ccc1F. The molecule has 1 heterocycles. The summed E-state index contributed by atoms with van der Waals surface area (Å²) in [6, 6.07) is 4.53. The smallest absolute Gasteiger partial charge is 0.236 e. The van der Waals surface area contributed by atoms with Crippen molar-refractivity contribution >= 4 is 29.1 Å². The number of thioether (sulfide) groups is 1. The average Bonchev–Trinajstić information content (AvgIpc) is 2.92. The molecule has 0 atom stereocenters. The van der Waals surface area contributed by atoms with E-state index in [1.165, 1.54) is 24.0 Å². The van der Waals surface area contributed by atoms with Crippen molar-refractivity contribution in [3.05, 3.63) is 29.6 Å². The van der Waals surface area contributed by atoms with E-state index in [4.69, 9.17) is 4.74 Å². The van der Waals surface area contributed by atoms with Gasteiger partial charge in [0.25, 0.3) is 0 Å². The van der Waals surface area contributed by atoms with Gasteiger partial charge in [0.1, 0.15) is 0 Å². The number of ether oxygens (including phenoxy) is 1. The third-order valence-electron chi connectivity index (χ3n) is 2.90. The zero-order chi connectivity index (χ0) is 15.8. The van der Waals surface area contributed by atoms with E-state index < -0.39 is 5.82 Å². The summed E-state index contributed by atoms with van der Waals surface area (Å²) in [5.74, 6) is 0.110. The van der Waals surface area contributed by atoms with E-state index in [1.54, 1.807) is 12.1 Å². The summed E-state index contributed by atoms with van der Waals surface area (Å²) in [4.78, 5) is 11.0. The summed E-state index contributed by atoms with van der Waals surface area (Å²) in [7, 11) is 0. The number of hydrogen-bond acceptors (Lipinski definition) is 5. The molecule has 2 rings (SSSR count). The fourth-order valence-electron chi connectivity index (χ4n) is 1.77. The van der Waals surface area contributed by atoms with Gasteiger partial charge in [-0.05, 0) is 24.1 Å². The molecule has 1 aromatic rings. The molecule has 22 heavy (non-hydrogen) atoms. The number of amides is 1. The average molecular weight is 323 g/mol. The van der Waals surface area contributed by atoms with Crippen LogP contribution in [0.15, 0.2) is 28.4 Å². The lowest BCUT2D eigenvalue weighted by Crippen LogP contribution is -2.19. The molecule has 1 N–H and O–H groups in total. The summed E-state index contributed by atoms with van der Waals surface area (Å²) >= 11 is 1.30. The van der Waals surface area contributed by atoms with E-state index in [1.807, 2.05) is 0 Å². The van der Waals surface area contributed by atoms with Crippen molar-refractivity contribution in [1.29, 1.82) is 0 Å². The fourth-order valence-corrected chi connectivity index (χ4v) is 2.40. The van der Waals surface area contributed by atoms with Crippen molar-refractivity contribution in [2.24, 2.45) is 10.2 Å². The molecule has 0 radical (unpaired) electrons. The lowest BCUT2D eigenvalue weighted by atomic mass is 10.2. The number of nitrogens with zero attached hydrogens (tertiary/aromatic N) is 2. The minimum absolute atomic E-state index is 0.0801. The van der Waals surface area contributed by atoms with Gasteiger partial charge in [-0.25, -0.2) is 4.39 Å². The second kappa shape index (κ2) is 8.53. The molecular weight excluding hydrogens is 305 g/mol. The summed E-state index contributed by atoms with van der Waals surface area (Å²) in [6.07, 6.45) is 4.55. The number of rotatable bonds is 7. The molecule has 1 aliphatic rings. The van der Waals surface area contributed by atoms with Crippen LogP contribution in [0.2, 0.25) is 0 Å². The predicted octanol–water partition coefficient (Wildman–Crippen LogP) is 2.95. The predicted molar refractivity (Wildman–Crippen MR) is 87.0 cm³/mol. The van der Waals surface area contributed by atoms with Crippen LogP contribution in [0.5, 0.6) is 5.75 Å². The van der Waals surface area contributed by atoms with Gasteiger partial charge in [0.15, 0.2) is 16.7 Å². The van der Waals surface area contributed by atoms with E-state index in [-0.39, 0.29) is 11.7 Å². The topological polar surface area (TPSA) is 63.1 Å². The number of carbonyl (C=O) groups excluding carboxylic acids is 1. The molecule has 1 aliphatic heterocycles. The van der Waals surface area contributed by atoms with Gasteiger partial charge in [-0.15, -0.1) is 5.10 Å². The normalized spacial score (nSPS) is 16.5. The first kappa shape index (κ1) is 16.5. The van der Waals surface area contributed by atoms with Crippen molar-refractivity contribution in [2.75, 3.05) is 12.4 Å². The highest BCUT2D eigenvalue weighted by atomic mass is 32.2. The maximum atomic E-state index is 13.6. The molecule has 0 spiro atoms. The molecule has 7 heteroatoms. The molecule has 1 fully saturated rings. The van der Waals surface area contributed by atoms with Crippen molar-refractivity contribution < 1.29 is 13.9 Å². The first-order valence-corrected chi connectivity index (χ1v) is 8.13. The summed E-state index contributed by atoms with van der Waals surface area (Å²) in [5, 5.41) is 10.8. The highest BCUT2D eigenvalue weighted by Gasteiger charge is 2.15. The van der Waals surface area contributed by atoms with Gasteiger partial charge in [-0.3, -0.25) is 4.79 Å². The second-order valence-electron chi connectivity index (χ2n) is 4.73. The van der Waals surface area contributed by atoms with Gasteiger partial charge in [-0.1, -0.05) is 37.6 Å².